The van der Waals surface area contributed by atoms with Crippen LogP contribution in [0.15, 0.2) is 42.6 Å². The van der Waals surface area contributed by atoms with E-state index in [-0.39, 0.29) is 0 Å². The van der Waals surface area contributed by atoms with Gasteiger partial charge in [-0.3, -0.25) is 0 Å². The minimum Gasteiger partial charge on any atom is -0.343 e. The van der Waals surface area contributed by atoms with Crippen LogP contribution in [-0.2, 0) is 13.0 Å². The molecule has 96 valence electrons. The molecule has 0 saturated carbocycles. The molecule has 0 spiro atoms. The van der Waals surface area contributed by atoms with Crippen LogP contribution in [0.3, 0.4) is 0 Å². The lowest BCUT2D eigenvalue weighted by Gasteiger charge is -2.06. The monoisotopic (exact) mass is 242 g/mol. The minimum atomic E-state index is 0.751. The Labute approximate surface area is 109 Å². The molecule has 2 aromatic rings. The van der Waals surface area contributed by atoms with Gasteiger partial charge < -0.3 is 10.3 Å². The molecule has 0 aliphatic carbocycles. The molecule has 18 heavy (non-hydrogen) atoms. The van der Waals surface area contributed by atoms with Crippen LogP contribution in [0.5, 0.6) is 0 Å². The number of benzene rings is 1. The van der Waals surface area contributed by atoms with Crippen molar-refractivity contribution >= 4 is 10.9 Å². The van der Waals surface area contributed by atoms with Crippen LogP contribution < -0.4 is 5.73 Å². The van der Waals surface area contributed by atoms with Gasteiger partial charge in [0.1, 0.15) is 0 Å². The number of nitrogens with zero attached hydrogens (tertiary/aromatic N) is 1. The van der Waals surface area contributed by atoms with Gasteiger partial charge in [-0.1, -0.05) is 37.3 Å². The van der Waals surface area contributed by atoms with Gasteiger partial charge in [0.05, 0.1) is 0 Å². The Morgan fingerprint density at radius 3 is 2.83 bits per heavy atom. The summed E-state index contributed by atoms with van der Waals surface area (Å²) in [6, 6.07) is 8.59. The van der Waals surface area contributed by atoms with E-state index in [2.05, 4.69) is 48.5 Å². The molecular formula is C16H22N2. The van der Waals surface area contributed by atoms with E-state index in [0.29, 0.717) is 0 Å². The summed E-state index contributed by atoms with van der Waals surface area (Å²) in [6.45, 7) is 7.93. The van der Waals surface area contributed by atoms with Crippen LogP contribution in [0, 0.1) is 0 Å². The summed E-state index contributed by atoms with van der Waals surface area (Å²) in [6.07, 6.45) is 5.40. The Morgan fingerprint density at radius 2 is 2.11 bits per heavy atom. The second-order valence-corrected chi connectivity index (χ2v) is 4.80. The van der Waals surface area contributed by atoms with Crippen molar-refractivity contribution in [3.05, 3.63) is 48.2 Å². The molecule has 0 fully saturated rings. The number of fused-ring (bicyclic) bond motifs is 1. The van der Waals surface area contributed by atoms with E-state index in [4.69, 9.17) is 5.73 Å². The van der Waals surface area contributed by atoms with Crippen molar-refractivity contribution in [3.63, 3.8) is 0 Å². The quantitative estimate of drug-likeness (QED) is 0.772. The lowest BCUT2D eigenvalue weighted by Crippen LogP contribution is -2.00. The lowest BCUT2D eigenvalue weighted by molar-refractivity contribution is 0.777. The highest BCUT2D eigenvalue weighted by Gasteiger charge is 2.07. The second kappa shape index (κ2) is 5.87. The molecule has 0 radical (unpaired) electrons. The highest BCUT2D eigenvalue weighted by Crippen LogP contribution is 2.23. The van der Waals surface area contributed by atoms with Crippen molar-refractivity contribution in [2.45, 2.75) is 32.7 Å². The van der Waals surface area contributed by atoms with Crippen molar-refractivity contribution in [2.75, 3.05) is 6.54 Å². The van der Waals surface area contributed by atoms with Crippen molar-refractivity contribution in [2.24, 2.45) is 5.73 Å². The molecule has 0 bridgehead atoms. The Bertz CT molecular complexity index is 537. The summed E-state index contributed by atoms with van der Waals surface area (Å²) >= 11 is 0. The third kappa shape index (κ3) is 2.65. The molecule has 0 amide bonds. The molecule has 0 aliphatic heterocycles. The summed E-state index contributed by atoms with van der Waals surface area (Å²) in [5.41, 5.74) is 9.58. The molecule has 0 aliphatic rings. The minimum absolute atomic E-state index is 0.751. The van der Waals surface area contributed by atoms with Gasteiger partial charge in [-0.05, 0) is 37.4 Å². The van der Waals surface area contributed by atoms with E-state index in [1.807, 2.05) is 0 Å². The van der Waals surface area contributed by atoms with Crippen LogP contribution in [0.4, 0.5) is 0 Å². The average molecular weight is 242 g/mol. The highest BCUT2D eigenvalue weighted by atomic mass is 15.0. The first-order valence-electron chi connectivity index (χ1n) is 6.69. The van der Waals surface area contributed by atoms with Crippen molar-refractivity contribution in [1.82, 2.24) is 4.57 Å². The van der Waals surface area contributed by atoms with Crippen molar-refractivity contribution in [1.29, 1.82) is 0 Å². The van der Waals surface area contributed by atoms with Crippen LogP contribution in [0.1, 0.15) is 25.3 Å². The smallest absolute Gasteiger partial charge is 0.0486 e. The zero-order valence-corrected chi connectivity index (χ0v) is 11.2. The fourth-order valence-electron chi connectivity index (χ4n) is 2.30. The number of hydrogen-bond acceptors (Lipinski definition) is 1. The maximum atomic E-state index is 5.61. The van der Waals surface area contributed by atoms with Crippen LogP contribution in [0.25, 0.3) is 10.9 Å². The van der Waals surface area contributed by atoms with E-state index in [1.54, 1.807) is 0 Å². The summed E-state index contributed by atoms with van der Waals surface area (Å²) < 4.78 is 2.31. The van der Waals surface area contributed by atoms with Crippen LogP contribution in [0.2, 0.25) is 0 Å². The maximum Gasteiger partial charge on any atom is 0.0486 e. The summed E-state index contributed by atoms with van der Waals surface area (Å²) in [7, 11) is 0. The predicted octanol–water partition coefficient (Wildman–Crippen LogP) is 3.50. The van der Waals surface area contributed by atoms with Gasteiger partial charge in [0, 0.05) is 23.6 Å². The van der Waals surface area contributed by atoms with E-state index < -0.39 is 0 Å². The number of hydrogen-bond donors (Lipinski definition) is 1. The predicted molar refractivity (Wildman–Crippen MR) is 78.7 cm³/mol. The number of aryl methyl sites for hydroxylation is 1. The molecule has 0 unspecified atom stereocenters. The molecular weight excluding hydrogens is 220 g/mol. The topological polar surface area (TPSA) is 30.9 Å². The van der Waals surface area contributed by atoms with Gasteiger partial charge in [0.25, 0.3) is 0 Å². The maximum absolute atomic E-state index is 5.61. The molecule has 1 aromatic carbocycles. The molecule has 0 saturated heterocycles. The van der Waals surface area contributed by atoms with Gasteiger partial charge in [0.2, 0.25) is 0 Å². The molecule has 1 heterocycles. The van der Waals surface area contributed by atoms with Crippen molar-refractivity contribution in [3.8, 4) is 0 Å². The first kappa shape index (κ1) is 12.9. The van der Waals surface area contributed by atoms with Crippen LogP contribution >= 0.6 is 0 Å². The van der Waals surface area contributed by atoms with Gasteiger partial charge in [0.15, 0.2) is 0 Å². The van der Waals surface area contributed by atoms with E-state index >= 15 is 0 Å². The second-order valence-electron chi connectivity index (χ2n) is 4.80. The summed E-state index contributed by atoms with van der Waals surface area (Å²) in [5.74, 6) is 0. The largest absolute Gasteiger partial charge is 0.343 e. The average Bonchev–Trinajstić information content (AvgIpc) is 2.75. The molecule has 2 rings (SSSR count). The lowest BCUT2D eigenvalue weighted by atomic mass is 10.1. The third-order valence-electron chi connectivity index (χ3n) is 3.42. The Balaban J connectivity index is 2.37. The summed E-state index contributed by atoms with van der Waals surface area (Å²) in [5, 5.41) is 1.36. The van der Waals surface area contributed by atoms with Gasteiger partial charge >= 0.3 is 0 Å². The third-order valence-corrected chi connectivity index (χ3v) is 3.42. The number of para-hydroxylation sites is 1. The molecule has 2 N–H and O–H groups in total. The van der Waals surface area contributed by atoms with Crippen LogP contribution in [-0.4, -0.2) is 11.1 Å². The first-order valence-corrected chi connectivity index (χ1v) is 6.69. The molecule has 1 aromatic heterocycles. The van der Waals surface area contributed by atoms with Gasteiger partial charge in [-0.15, -0.1) is 0 Å². The number of aromatic nitrogens is 1. The summed E-state index contributed by atoms with van der Waals surface area (Å²) in [4.78, 5) is 0. The van der Waals surface area contributed by atoms with Gasteiger partial charge in [-0.25, -0.2) is 0 Å². The number of allylic oxidation sites excluding steroid dienone is 1. The van der Waals surface area contributed by atoms with E-state index in [9.17, 15) is 0 Å². The Hall–Kier alpha value is -1.54. The Morgan fingerprint density at radius 1 is 1.33 bits per heavy atom. The molecule has 2 nitrogen and oxygen atoms in total. The fourth-order valence-corrected chi connectivity index (χ4v) is 2.30. The fraction of sp³-hybridized carbons (Fsp3) is 0.375. The number of nitrogens with two attached hydrogens (primary N) is 1. The molecule has 2 heteroatoms. The number of rotatable bonds is 6. The standard InChI is InChI=1S/C16H22N2/c1-3-13(2)11-18-12-14(7-6-10-17)15-8-4-5-9-16(15)18/h4-5,8-9,12H,2-3,6-7,10-11,17H2,1H3. The normalized spacial score (nSPS) is 11.0. The molecule has 0 atom stereocenters. The first-order chi connectivity index (χ1) is 8.76. The van der Waals surface area contributed by atoms with E-state index in [1.165, 1.54) is 22.0 Å². The van der Waals surface area contributed by atoms with E-state index in [0.717, 1.165) is 32.4 Å². The highest BCUT2D eigenvalue weighted by molar-refractivity contribution is 5.84. The van der Waals surface area contributed by atoms with Crippen molar-refractivity contribution < 1.29 is 0 Å². The Kier molecular flexibility index (Phi) is 4.21. The van der Waals surface area contributed by atoms with Gasteiger partial charge in [-0.2, -0.15) is 0 Å². The zero-order chi connectivity index (χ0) is 13.0. The SMILES string of the molecule is C=C(CC)Cn1cc(CCCN)c2ccccc21. The zero-order valence-electron chi connectivity index (χ0n) is 11.2.